The molecule has 4 aromatic rings. The van der Waals surface area contributed by atoms with E-state index >= 15 is 0 Å². The number of nitrogens with two attached hydrogens (primary N) is 1. The number of hydrogen-bond acceptors (Lipinski definition) is 8. The molecule has 2 fully saturated rings. The molecule has 11 heteroatoms. The Hall–Kier alpha value is -3.47. The first-order valence-corrected chi connectivity index (χ1v) is 13.8. The zero-order valence-electron chi connectivity index (χ0n) is 21.6. The SMILES string of the molecule is Cc1nc(-c2ncccn2)sc1C(=O)N1C[C@@H]2C(Oc3cc(C(C)(C)N)cc(-c4ccc(F)c(Cl)c4)n3)[C@@H]2C1. The van der Waals surface area contributed by atoms with Gasteiger partial charge in [0.15, 0.2) is 10.8 Å². The van der Waals surface area contributed by atoms with Gasteiger partial charge >= 0.3 is 0 Å². The van der Waals surface area contributed by atoms with Gasteiger partial charge in [0.25, 0.3) is 5.91 Å². The molecular weight excluding hydrogens is 539 g/mol. The van der Waals surface area contributed by atoms with Gasteiger partial charge in [0.05, 0.1) is 16.4 Å². The van der Waals surface area contributed by atoms with E-state index in [-0.39, 0.29) is 28.9 Å². The van der Waals surface area contributed by atoms with Crippen molar-refractivity contribution in [1.29, 1.82) is 0 Å². The number of fused-ring (bicyclic) bond motifs is 1. The largest absolute Gasteiger partial charge is 0.474 e. The fraction of sp³-hybridized carbons (Fsp3) is 0.321. The maximum atomic E-state index is 13.7. The molecule has 1 aliphatic heterocycles. The van der Waals surface area contributed by atoms with E-state index in [0.717, 1.165) is 5.56 Å². The van der Waals surface area contributed by atoms with Crippen LogP contribution in [-0.2, 0) is 5.54 Å². The Morgan fingerprint density at radius 1 is 1.15 bits per heavy atom. The van der Waals surface area contributed by atoms with E-state index < -0.39 is 11.4 Å². The second-order valence-corrected chi connectivity index (χ2v) is 12.0. The van der Waals surface area contributed by atoms with Crippen molar-refractivity contribution >= 4 is 28.8 Å². The molecule has 0 spiro atoms. The van der Waals surface area contributed by atoms with Crippen LogP contribution in [0.15, 0.2) is 48.8 Å². The molecule has 0 radical (unpaired) electrons. The predicted molar refractivity (Wildman–Crippen MR) is 147 cm³/mol. The van der Waals surface area contributed by atoms with Crippen molar-refractivity contribution in [2.75, 3.05) is 13.1 Å². The zero-order valence-corrected chi connectivity index (χ0v) is 23.1. The number of hydrogen-bond donors (Lipinski definition) is 1. The van der Waals surface area contributed by atoms with Crippen LogP contribution in [0, 0.1) is 24.6 Å². The summed E-state index contributed by atoms with van der Waals surface area (Å²) in [7, 11) is 0. The molecule has 2 aliphatic rings. The van der Waals surface area contributed by atoms with Crippen molar-refractivity contribution in [2.45, 2.75) is 32.4 Å². The van der Waals surface area contributed by atoms with E-state index in [9.17, 15) is 9.18 Å². The molecule has 200 valence electrons. The average Bonchev–Trinajstić information content (AvgIpc) is 3.22. The van der Waals surface area contributed by atoms with Crippen molar-refractivity contribution in [3.05, 3.63) is 75.8 Å². The number of aromatic nitrogens is 4. The number of amides is 1. The van der Waals surface area contributed by atoms with Gasteiger partial charge < -0.3 is 15.4 Å². The van der Waals surface area contributed by atoms with Crippen LogP contribution in [0.2, 0.25) is 5.02 Å². The minimum Gasteiger partial charge on any atom is -0.474 e. The summed E-state index contributed by atoms with van der Waals surface area (Å²) in [6.45, 7) is 6.85. The molecule has 39 heavy (non-hydrogen) atoms. The number of halogens is 2. The smallest absolute Gasteiger partial charge is 0.265 e. The van der Waals surface area contributed by atoms with Gasteiger partial charge in [0.1, 0.15) is 16.8 Å². The standard InChI is InChI=1S/C28H26ClFN6O2S/c1-14-24(39-26(34-14)25-32-7-4-8-33-25)27(37)36-12-17-18(13-36)23(17)38-22-11-16(28(2,3)31)10-21(35-22)15-5-6-20(30)19(29)9-15/h4-11,17-18,23H,12-13,31H2,1-3H3/t17-,18+,23?. The van der Waals surface area contributed by atoms with Crippen LogP contribution in [-0.4, -0.2) is 49.9 Å². The maximum absolute atomic E-state index is 13.7. The van der Waals surface area contributed by atoms with Crippen molar-refractivity contribution in [1.82, 2.24) is 24.8 Å². The number of piperidine rings is 1. The number of rotatable bonds is 6. The summed E-state index contributed by atoms with van der Waals surface area (Å²) >= 11 is 7.34. The number of aryl methyl sites for hydroxylation is 1. The van der Waals surface area contributed by atoms with Crippen LogP contribution < -0.4 is 10.5 Å². The molecule has 1 aliphatic carbocycles. The molecule has 3 atom stereocenters. The highest BCUT2D eigenvalue weighted by molar-refractivity contribution is 7.17. The minimum absolute atomic E-state index is 0.0234. The van der Waals surface area contributed by atoms with E-state index in [1.54, 1.807) is 30.6 Å². The molecule has 4 heterocycles. The number of carbonyl (C=O) groups excluding carboxylic acids is 1. The third-order valence-electron chi connectivity index (χ3n) is 7.17. The molecule has 2 N–H and O–H groups in total. The molecular formula is C28H26ClFN6O2S. The molecule has 0 bridgehead atoms. The highest BCUT2D eigenvalue weighted by Gasteiger charge is 2.59. The number of thiazole rings is 1. The summed E-state index contributed by atoms with van der Waals surface area (Å²) in [6, 6.07) is 9.95. The fourth-order valence-corrected chi connectivity index (χ4v) is 6.10. The van der Waals surface area contributed by atoms with Gasteiger partial charge in [-0.25, -0.2) is 24.3 Å². The Kier molecular flexibility index (Phi) is 6.36. The van der Waals surface area contributed by atoms with Crippen LogP contribution in [0.5, 0.6) is 5.88 Å². The van der Waals surface area contributed by atoms with E-state index in [4.69, 9.17) is 22.1 Å². The quantitative estimate of drug-likeness (QED) is 0.347. The number of carbonyl (C=O) groups is 1. The van der Waals surface area contributed by atoms with E-state index in [1.165, 1.54) is 17.4 Å². The second-order valence-electron chi connectivity index (χ2n) is 10.6. The molecule has 3 aromatic heterocycles. The summed E-state index contributed by atoms with van der Waals surface area (Å²) in [5.41, 5.74) is 8.55. The summed E-state index contributed by atoms with van der Waals surface area (Å²) in [4.78, 5) is 33.5. The van der Waals surface area contributed by atoms with Gasteiger partial charge in [0, 0.05) is 54.5 Å². The zero-order chi connectivity index (χ0) is 27.5. The molecule has 1 saturated heterocycles. The van der Waals surface area contributed by atoms with Crippen LogP contribution in [0.3, 0.4) is 0 Å². The number of likely N-dealkylation sites (tertiary alicyclic amines) is 1. The fourth-order valence-electron chi connectivity index (χ4n) is 4.94. The third-order valence-corrected chi connectivity index (χ3v) is 8.60. The molecule has 1 unspecified atom stereocenters. The summed E-state index contributed by atoms with van der Waals surface area (Å²) in [6.07, 6.45) is 3.27. The monoisotopic (exact) mass is 564 g/mol. The van der Waals surface area contributed by atoms with Gasteiger partial charge in [-0.05, 0) is 56.7 Å². The van der Waals surface area contributed by atoms with Crippen molar-refractivity contribution in [3.63, 3.8) is 0 Å². The summed E-state index contributed by atoms with van der Waals surface area (Å²) in [5, 5.41) is 0.657. The lowest BCUT2D eigenvalue weighted by Gasteiger charge is -2.22. The van der Waals surface area contributed by atoms with E-state index in [0.29, 0.717) is 51.6 Å². The Balaban J connectivity index is 1.17. The molecule has 1 amide bonds. The van der Waals surface area contributed by atoms with Crippen LogP contribution in [0.1, 0.15) is 34.8 Å². The van der Waals surface area contributed by atoms with Crippen LogP contribution in [0.25, 0.3) is 22.1 Å². The Labute approximate surface area is 234 Å². The maximum Gasteiger partial charge on any atom is 0.265 e. The van der Waals surface area contributed by atoms with Gasteiger partial charge in [-0.3, -0.25) is 4.79 Å². The van der Waals surface area contributed by atoms with Crippen molar-refractivity contribution in [3.8, 4) is 28.0 Å². The number of nitrogens with zero attached hydrogens (tertiary/aromatic N) is 5. The van der Waals surface area contributed by atoms with Gasteiger partial charge in [0.2, 0.25) is 5.88 Å². The second kappa shape index (κ2) is 9.62. The van der Waals surface area contributed by atoms with Crippen LogP contribution >= 0.6 is 22.9 Å². The number of ether oxygens (including phenoxy) is 1. The van der Waals surface area contributed by atoms with E-state index in [1.807, 2.05) is 37.8 Å². The molecule has 8 nitrogen and oxygen atoms in total. The van der Waals surface area contributed by atoms with Gasteiger partial charge in [-0.2, -0.15) is 0 Å². The number of benzene rings is 1. The van der Waals surface area contributed by atoms with Crippen molar-refractivity contribution in [2.24, 2.45) is 17.6 Å². The minimum atomic E-state index is -0.640. The predicted octanol–water partition coefficient (Wildman–Crippen LogP) is 5.11. The molecule has 6 rings (SSSR count). The first-order valence-electron chi connectivity index (χ1n) is 12.6. The number of pyridine rings is 1. The lowest BCUT2D eigenvalue weighted by molar-refractivity contribution is 0.0755. The first-order chi connectivity index (χ1) is 18.6. The Morgan fingerprint density at radius 2 is 1.87 bits per heavy atom. The lowest BCUT2D eigenvalue weighted by Crippen LogP contribution is -2.33. The lowest BCUT2D eigenvalue weighted by atomic mass is 9.95. The average molecular weight is 565 g/mol. The topological polar surface area (TPSA) is 107 Å². The summed E-state index contributed by atoms with van der Waals surface area (Å²) < 4.78 is 20.1. The van der Waals surface area contributed by atoms with Crippen LogP contribution in [0.4, 0.5) is 4.39 Å². The highest BCUT2D eigenvalue weighted by atomic mass is 35.5. The van der Waals surface area contributed by atoms with Gasteiger partial charge in [-0.15, -0.1) is 11.3 Å². The normalized spacial score (nSPS) is 20.2. The Morgan fingerprint density at radius 3 is 2.54 bits per heavy atom. The summed E-state index contributed by atoms with van der Waals surface area (Å²) in [5.74, 6) is 0.886. The van der Waals surface area contributed by atoms with Crippen molar-refractivity contribution < 1.29 is 13.9 Å². The molecule has 1 aromatic carbocycles. The first kappa shape index (κ1) is 25.8. The van der Waals surface area contributed by atoms with Gasteiger partial charge in [-0.1, -0.05) is 11.6 Å². The third kappa shape index (κ3) is 4.99. The highest BCUT2D eigenvalue weighted by Crippen LogP contribution is 2.48. The van der Waals surface area contributed by atoms with E-state index in [2.05, 4.69) is 19.9 Å². The molecule has 1 saturated carbocycles. The Bertz CT molecular complexity index is 1560.